The second kappa shape index (κ2) is 8.52. The van der Waals surface area contributed by atoms with E-state index < -0.39 is 0 Å². The zero-order valence-corrected chi connectivity index (χ0v) is 9.34. The molecule has 0 bridgehead atoms. The van der Waals surface area contributed by atoms with Gasteiger partial charge in [-0.15, -0.1) is 0 Å². The molecule has 0 saturated carbocycles. The molecular weight excluding hydrogens is 162 g/mol. The van der Waals surface area contributed by atoms with Crippen molar-refractivity contribution in [3.8, 4) is 0 Å². The average molecular weight is 187 g/mol. The highest BCUT2D eigenvalue weighted by molar-refractivity contribution is 4.50. The molecule has 0 radical (unpaired) electrons. The fourth-order valence-electron chi connectivity index (χ4n) is 1.34. The van der Waals surface area contributed by atoms with Crippen LogP contribution in [0.4, 0.5) is 0 Å². The summed E-state index contributed by atoms with van der Waals surface area (Å²) in [5.41, 5.74) is 0. The van der Waals surface area contributed by atoms with Crippen molar-refractivity contribution in [1.29, 1.82) is 0 Å². The van der Waals surface area contributed by atoms with E-state index in [0.717, 1.165) is 12.5 Å². The maximum Gasteiger partial charge on any atom is 0.102 e. The third-order valence-corrected chi connectivity index (χ3v) is 2.15. The predicted molar refractivity (Wildman–Crippen MR) is 57.6 cm³/mol. The number of unbranched alkanes of at least 4 members (excludes halogenated alkanes) is 3. The van der Waals surface area contributed by atoms with Crippen molar-refractivity contribution < 1.29 is 5.11 Å². The van der Waals surface area contributed by atoms with Crippen molar-refractivity contribution in [2.75, 3.05) is 6.54 Å². The molecular formula is C11H25NO. The average Bonchev–Trinajstić information content (AvgIpc) is 2.01. The van der Waals surface area contributed by atoms with Gasteiger partial charge < -0.3 is 5.11 Å². The third-order valence-electron chi connectivity index (χ3n) is 2.15. The van der Waals surface area contributed by atoms with Crippen molar-refractivity contribution in [3.63, 3.8) is 0 Å². The van der Waals surface area contributed by atoms with E-state index in [4.69, 9.17) is 5.11 Å². The zero-order chi connectivity index (χ0) is 10.1. The Morgan fingerprint density at radius 3 is 2.15 bits per heavy atom. The number of hydrogen-bond acceptors (Lipinski definition) is 2. The number of hydrogen-bond donors (Lipinski definition) is 2. The molecule has 0 aliphatic carbocycles. The van der Waals surface area contributed by atoms with Gasteiger partial charge in [-0.3, -0.25) is 5.32 Å². The van der Waals surface area contributed by atoms with E-state index in [1.807, 2.05) is 0 Å². The lowest BCUT2D eigenvalue weighted by molar-refractivity contribution is 0.156. The van der Waals surface area contributed by atoms with E-state index in [2.05, 4.69) is 19.2 Å². The van der Waals surface area contributed by atoms with Crippen LogP contribution in [0.1, 0.15) is 52.9 Å². The fourth-order valence-corrected chi connectivity index (χ4v) is 1.34. The SMILES string of the molecule is CC(C)CCCCCCNC(C)O. The molecule has 0 rings (SSSR count). The summed E-state index contributed by atoms with van der Waals surface area (Å²) in [4.78, 5) is 0. The lowest BCUT2D eigenvalue weighted by atomic mass is 10.0. The smallest absolute Gasteiger partial charge is 0.102 e. The second-order valence-electron chi connectivity index (χ2n) is 4.23. The van der Waals surface area contributed by atoms with Crippen molar-refractivity contribution in [2.45, 2.75) is 59.1 Å². The summed E-state index contributed by atoms with van der Waals surface area (Å²) >= 11 is 0. The molecule has 0 saturated heterocycles. The van der Waals surface area contributed by atoms with E-state index in [1.54, 1.807) is 6.92 Å². The summed E-state index contributed by atoms with van der Waals surface area (Å²) in [6.07, 6.45) is 6.15. The summed E-state index contributed by atoms with van der Waals surface area (Å²) in [5.74, 6) is 0.843. The van der Waals surface area contributed by atoms with Crippen LogP contribution in [0.2, 0.25) is 0 Å². The van der Waals surface area contributed by atoms with Crippen molar-refractivity contribution in [1.82, 2.24) is 5.32 Å². The molecule has 0 heterocycles. The van der Waals surface area contributed by atoms with Crippen LogP contribution >= 0.6 is 0 Å². The third kappa shape index (κ3) is 11.9. The van der Waals surface area contributed by atoms with E-state index in [1.165, 1.54) is 32.1 Å². The lowest BCUT2D eigenvalue weighted by Gasteiger charge is -2.07. The number of aliphatic hydroxyl groups is 1. The van der Waals surface area contributed by atoms with Crippen molar-refractivity contribution in [3.05, 3.63) is 0 Å². The molecule has 80 valence electrons. The molecule has 0 aromatic rings. The van der Waals surface area contributed by atoms with Crippen LogP contribution < -0.4 is 5.32 Å². The highest BCUT2D eigenvalue weighted by Crippen LogP contribution is 2.08. The quantitative estimate of drug-likeness (QED) is 0.452. The van der Waals surface area contributed by atoms with Gasteiger partial charge >= 0.3 is 0 Å². The Labute approximate surface area is 82.7 Å². The van der Waals surface area contributed by atoms with E-state index in [9.17, 15) is 0 Å². The van der Waals surface area contributed by atoms with Crippen LogP contribution in [0.3, 0.4) is 0 Å². The van der Waals surface area contributed by atoms with Gasteiger partial charge in [0.05, 0.1) is 0 Å². The highest BCUT2D eigenvalue weighted by atomic mass is 16.3. The standard InChI is InChI=1S/C11H25NO/c1-10(2)8-6-4-5-7-9-12-11(3)13/h10-13H,4-9H2,1-3H3. The van der Waals surface area contributed by atoms with Gasteiger partial charge in [0.15, 0.2) is 0 Å². The van der Waals surface area contributed by atoms with E-state index in [-0.39, 0.29) is 6.23 Å². The van der Waals surface area contributed by atoms with Gasteiger partial charge in [-0.2, -0.15) is 0 Å². The maximum absolute atomic E-state index is 8.92. The number of rotatable bonds is 8. The van der Waals surface area contributed by atoms with Crippen molar-refractivity contribution >= 4 is 0 Å². The lowest BCUT2D eigenvalue weighted by Crippen LogP contribution is -2.26. The molecule has 2 N–H and O–H groups in total. The summed E-state index contributed by atoms with van der Waals surface area (Å²) in [6, 6.07) is 0. The molecule has 1 atom stereocenters. The highest BCUT2D eigenvalue weighted by Gasteiger charge is 1.95. The van der Waals surface area contributed by atoms with Gasteiger partial charge in [-0.25, -0.2) is 0 Å². The van der Waals surface area contributed by atoms with Crippen molar-refractivity contribution in [2.24, 2.45) is 5.92 Å². The van der Waals surface area contributed by atoms with Crippen LogP contribution in [0.15, 0.2) is 0 Å². The first-order valence-electron chi connectivity index (χ1n) is 5.54. The molecule has 0 aliphatic rings. The zero-order valence-electron chi connectivity index (χ0n) is 9.34. The molecule has 0 spiro atoms. The molecule has 0 aromatic heterocycles. The molecule has 0 amide bonds. The fraction of sp³-hybridized carbons (Fsp3) is 1.00. The Kier molecular flexibility index (Phi) is 8.46. The van der Waals surface area contributed by atoms with Gasteiger partial charge in [0.25, 0.3) is 0 Å². The predicted octanol–water partition coefficient (Wildman–Crippen LogP) is 2.52. The van der Waals surface area contributed by atoms with Gasteiger partial charge in [0.1, 0.15) is 6.23 Å². The monoisotopic (exact) mass is 187 g/mol. The van der Waals surface area contributed by atoms with Crippen LogP contribution in [-0.2, 0) is 0 Å². The van der Waals surface area contributed by atoms with Gasteiger partial charge in [0, 0.05) is 0 Å². The molecule has 0 aliphatic heterocycles. The Morgan fingerprint density at radius 2 is 1.62 bits per heavy atom. The largest absolute Gasteiger partial charge is 0.379 e. The summed E-state index contributed by atoms with van der Waals surface area (Å²) in [6.45, 7) is 7.25. The van der Waals surface area contributed by atoms with E-state index in [0.29, 0.717) is 0 Å². The van der Waals surface area contributed by atoms with Gasteiger partial charge in [-0.05, 0) is 25.8 Å². The Bertz CT molecular complexity index is 90.3. The molecule has 1 unspecified atom stereocenters. The summed E-state index contributed by atoms with van der Waals surface area (Å²) < 4.78 is 0. The molecule has 2 nitrogen and oxygen atoms in total. The first-order chi connectivity index (χ1) is 6.13. The van der Waals surface area contributed by atoms with Gasteiger partial charge in [0.2, 0.25) is 0 Å². The Hall–Kier alpha value is -0.0800. The molecule has 0 fully saturated rings. The topological polar surface area (TPSA) is 32.3 Å². The Balaban J connectivity index is 2.92. The minimum atomic E-state index is -0.351. The molecule has 2 heteroatoms. The molecule has 13 heavy (non-hydrogen) atoms. The first-order valence-corrected chi connectivity index (χ1v) is 5.54. The summed E-state index contributed by atoms with van der Waals surface area (Å²) in [7, 11) is 0. The first kappa shape index (κ1) is 12.9. The summed E-state index contributed by atoms with van der Waals surface area (Å²) in [5, 5.41) is 11.9. The van der Waals surface area contributed by atoms with Crippen LogP contribution in [0, 0.1) is 5.92 Å². The minimum absolute atomic E-state index is 0.351. The van der Waals surface area contributed by atoms with Crippen LogP contribution in [0.5, 0.6) is 0 Å². The maximum atomic E-state index is 8.92. The van der Waals surface area contributed by atoms with Crippen LogP contribution in [0.25, 0.3) is 0 Å². The van der Waals surface area contributed by atoms with Crippen LogP contribution in [-0.4, -0.2) is 17.9 Å². The normalized spacial score (nSPS) is 13.6. The minimum Gasteiger partial charge on any atom is -0.379 e. The van der Waals surface area contributed by atoms with Gasteiger partial charge in [-0.1, -0.05) is 39.5 Å². The van der Waals surface area contributed by atoms with E-state index >= 15 is 0 Å². The number of nitrogens with one attached hydrogen (secondary N) is 1. The second-order valence-corrected chi connectivity index (χ2v) is 4.23. The number of aliphatic hydroxyl groups excluding tert-OH is 1. The molecule has 0 aromatic carbocycles. The Morgan fingerprint density at radius 1 is 1.00 bits per heavy atom.